The summed E-state index contributed by atoms with van der Waals surface area (Å²) in [6.07, 6.45) is 2.59. The predicted octanol–water partition coefficient (Wildman–Crippen LogP) is 3.26. The molecule has 0 aliphatic carbocycles. The molecule has 0 bridgehead atoms. The monoisotopic (exact) mass is 228 g/mol. The van der Waals surface area contributed by atoms with Gasteiger partial charge in [-0.2, -0.15) is 11.8 Å². The van der Waals surface area contributed by atoms with Crippen molar-refractivity contribution in [1.82, 2.24) is 0 Å². The summed E-state index contributed by atoms with van der Waals surface area (Å²) in [6.45, 7) is 4.36. The highest BCUT2D eigenvalue weighted by Gasteiger charge is 2.13. The summed E-state index contributed by atoms with van der Waals surface area (Å²) in [6, 6.07) is 1.73. The van der Waals surface area contributed by atoms with Gasteiger partial charge in [0, 0.05) is 11.3 Å². The van der Waals surface area contributed by atoms with Crippen molar-refractivity contribution in [3.8, 4) is 0 Å². The van der Waals surface area contributed by atoms with E-state index in [1.54, 1.807) is 17.8 Å². The normalized spacial score (nSPS) is 10.9. The molecule has 0 saturated carbocycles. The van der Waals surface area contributed by atoms with Crippen molar-refractivity contribution in [2.75, 3.05) is 5.75 Å². The van der Waals surface area contributed by atoms with Gasteiger partial charge in [-0.05, 0) is 24.2 Å². The summed E-state index contributed by atoms with van der Waals surface area (Å²) >= 11 is 1.75. The number of rotatable bonds is 6. The molecular formula is C11H16O3S. The summed E-state index contributed by atoms with van der Waals surface area (Å²) in [5, 5.41) is 8.80. The third kappa shape index (κ3) is 4.00. The SMILES string of the molecule is CC(C)CCSCc1ccoc1C(=O)O. The summed E-state index contributed by atoms with van der Waals surface area (Å²) in [4.78, 5) is 10.7. The minimum Gasteiger partial charge on any atom is -0.475 e. The number of carboxylic acids is 1. The van der Waals surface area contributed by atoms with Gasteiger partial charge in [0.05, 0.1) is 6.26 Å². The second-order valence-corrected chi connectivity index (χ2v) is 4.92. The molecule has 15 heavy (non-hydrogen) atoms. The number of furan rings is 1. The number of carboxylic acid groups (broad SMARTS) is 1. The van der Waals surface area contributed by atoms with Crippen LogP contribution in [0.2, 0.25) is 0 Å². The Morgan fingerprint density at radius 3 is 2.93 bits per heavy atom. The molecule has 0 aliphatic heterocycles. The van der Waals surface area contributed by atoms with Crippen LogP contribution in [0, 0.1) is 5.92 Å². The zero-order valence-corrected chi connectivity index (χ0v) is 9.84. The molecule has 0 amide bonds. The maximum Gasteiger partial charge on any atom is 0.372 e. The first-order valence-electron chi connectivity index (χ1n) is 4.98. The average Bonchev–Trinajstić information content (AvgIpc) is 2.60. The molecule has 3 nitrogen and oxygen atoms in total. The number of hydrogen-bond acceptors (Lipinski definition) is 3. The van der Waals surface area contributed by atoms with Crippen LogP contribution in [0.15, 0.2) is 16.7 Å². The van der Waals surface area contributed by atoms with Gasteiger partial charge in [0.2, 0.25) is 5.76 Å². The lowest BCUT2D eigenvalue weighted by Crippen LogP contribution is -1.98. The molecule has 0 atom stereocenters. The fraction of sp³-hybridized carbons (Fsp3) is 0.545. The van der Waals surface area contributed by atoms with Gasteiger partial charge in [0.25, 0.3) is 0 Å². The van der Waals surface area contributed by atoms with Crippen molar-refractivity contribution in [1.29, 1.82) is 0 Å². The Bertz CT molecular complexity index is 317. The van der Waals surface area contributed by atoms with Crippen molar-refractivity contribution in [2.45, 2.75) is 26.0 Å². The van der Waals surface area contributed by atoms with Crippen molar-refractivity contribution in [3.05, 3.63) is 23.7 Å². The number of hydrogen-bond donors (Lipinski definition) is 1. The molecule has 0 aliphatic rings. The molecule has 1 rings (SSSR count). The summed E-state index contributed by atoms with van der Waals surface area (Å²) in [5.74, 6) is 1.56. The highest BCUT2D eigenvalue weighted by Crippen LogP contribution is 2.19. The minimum atomic E-state index is -0.987. The van der Waals surface area contributed by atoms with E-state index in [4.69, 9.17) is 9.52 Å². The van der Waals surface area contributed by atoms with Gasteiger partial charge in [-0.1, -0.05) is 13.8 Å². The van der Waals surface area contributed by atoms with Crippen LogP contribution in [0.3, 0.4) is 0 Å². The van der Waals surface area contributed by atoms with E-state index in [1.807, 2.05) is 0 Å². The Morgan fingerprint density at radius 2 is 2.33 bits per heavy atom. The van der Waals surface area contributed by atoms with E-state index in [0.717, 1.165) is 17.7 Å². The molecule has 0 fully saturated rings. The van der Waals surface area contributed by atoms with E-state index in [9.17, 15) is 4.79 Å². The zero-order valence-electron chi connectivity index (χ0n) is 9.03. The Hall–Kier alpha value is -0.900. The average molecular weight is 228 g/mol. The predicted molar refractivity (Wildman–Crippen MR) is 61.3 cm³/mol. The molecule has 0 saturated heterocycles. The molecule has 0 unspecified atom stereocenters. The summed E-state index contributed by atoms with van der Waals surface area (Å²) < 4.78 is 4.89. The van der Waals surface area contributed by atoms with Gasteiger partial charge < -0.3 is 9.52 Å². The maximum absolute atomic E-state index is 10.7. The highest BCUT2D eigenvalue weighted by molar-refractivity contribution is 7.98. The van der Waals surface area contributed by atoms with Gasteiger partial charge in [-0.15, -0.1) is 0 Å². The van der Waals surface area contributed by atoms with Crippen LogP contribution in [0.1, 0.15) is 36.4 Å². The molecule has 0 aromatic carbocycles. The highest BCUT2D eigenvalue weighted by atomic mass is 32.2. The lowest BCUT2D eigenvalue weighted by molar-refractivity contribution is 0.0661. The first-order chi connectivity index (χ1) is 7.11. The number of carbonyl (C=O) groups is 1. The van der Waals surface area contributed by atoms with Gasteiger partial charge >= 0.3 is 5.97 Å². The molecule has 1 aromatic heterocycles. The van der Waals surface area contributed by atoms with Crippen LogP contribution in [-0.4, -0.2) is 16.8 Å². The second kappa shape index (κ2) is 5.85. The smallest absolute Gasteiger partial charge is 0.372 e. The van der Waals surface area contributed by atoms with Crippen molar-refractivity contribution < 1.29 is 14.3 Å². The first-order valence-corrected chi connectivity index (χ1v) is 6.14. The third-order valence-corrected chi connectivity index (χ3v) is 3.08. The number of aromatic carboxylic acids is 1. The minimum absolute atomic E-state index is 0.0760. The quantitative estimate of drug-likeness (QED) is 0.759. The molecular weight excluding hydrogens is 212 g/mol. The van der Waals surface area contributed by atoms with Gasteiger partial charge in [-0.25, -0.2) is 4.79 Å². The van der Waals surface area contributed by atoms with Crippen LogP contribution in [0.4, 0.5) is 0 Å². The summed E-state index contributed by atoms with van der Waals surface area (Å²) in [5.41, 5.74) is 0.774. The molecule has 0 spiro atoms. The lowest BCUT2D eigenvalue weighted by Gasteiger charge is -2.03. The molecule has 84 valence electrons. The Kier molecular flexibility index (Phi) is 4.75. The molecule has 1 aromatic rings. The molecule has 1 heterocycles. The van der Waals surface area contributed by atoms with E-state index in [-0.39, 0.29) is 5.76 Å². The van der Waals surface area contributed by atoms with Gasteiger partial charge in [0.15, 0.2) is 0 Å². The van der Waals surface area contributed by atoms with E-state index in [2.05, 4.69) is 13.8 Å². The summed E-state index contributed by atoms with van der Waals surface area (Å²) in [7, 11) is 0. The van der Waals surface area contributed by atoms with Gasteiger partial charge in [-0.3, -0.25) is 0 Å². The first kappa shape index (κ1) is 12.2. The van der Waals surface area contributed by atoms with E-state index in [0.29, 0.717) is 11.7 Å². The Labute approximate surface area is 93.9 Å². The maximum atomic E-state index is 10.7. The molecule has 0 radical (unpaired) electrons. The zero-order chi connectivity index (χ0) is 11.3. The van der Waals surface area contributed by atoms with E-state index in [1.165, 1.54) is 6.26 Å². The standard InChI is InChI=1S/C11H16O3S/c1-8(2)4-6-15-7-9-3-5-14-10(9)11(12)13/h3,5,8H,4,6-7H2,1-2H3,(H,12,13). The van der Waals surface area contributed by atoms with Gasteiger partial charge in [0.1, 0.15) is 0 Å². The lowest BCUT2D eigenvalue weighted by atomic mass is 10.2. The third-order valence-electron chi connectivity index (χ3n) is 2.04. The largest absolute Gasteiger partial charge is 0.475 e. The fourth-order valence-electron chi connectivity index (χ4n) is 1.14. The van der Waals surface area contributed by atoms with E-state index < -0.39 is 5.97 Å². The van der Waals surface area contributed by atoms with Crippen LogP contribution in [-0.2, 0) is 5.75 Å². The Balaban J connectivity index is 2.37. The number of thioether (sulfide) groups is 1. The van der Waals surface area contributed by atoms with Crippen molar-refractivity contribution in [2.24, 2.45) is 5.92 Å². The van der Waals surface area contributed by atoms with Crippen molar-refractivity contribution in [3.63, 3.8) is 0 Å². The van der Waals surface area contributed by atoms with Crippen LogP contribution >= 0.6 is 11.8 Å². The van der Waals surface area contributed by atoms with E-state index >= 15 is 0 Å². The molecule has 4 heteroatoms. The van der Waals surface area contributed by atoms with Crippen LogP contribution < -0.4 is 0 Å². The second-order valence-electron chi connectivity index (χ2n) is 3.82. The molecule has 1 N–H and O–H groups in total. The Morgan fingerprint density at radius 1 is 1.60 bits per heavy atom. The fourth-order valence-corrected chi connectivity index (χ4v) is 2.37. The van der Waals surface area contributed by atoms with Crippen LogP contribution in [0.25, 0.3) is 0 Å². The topological polar surface area (TPSA) is 50.4 Å². The van der Waals surface area contributed by atoms with Crippen molar-refractivity contribution >= 4 is 17.7 Å². The van der Waals surface area contributed by atoms with Crippen LogP contribution in [0.5, 0.6) is 0 Å².